The van der Waals surface area contributed by atoms with Crippen LogP contribution in [0.4, 0.5) is 0 Å². The van der Waals surface area contributed by atoms with E-state index in [-0.39, 0.29) is 5.41 Å². The zero-order valence-electron chi connectivity index (χ0n) is 10.1. The predicted octanol–water partition coefficient (Wildman–Crippen LogP) is 4.20. The first-order valence-corrected chi connectivity index (χ1v) is 6.10. The van der Waals surface area contributed by atoms with Crippen LogP contribution in [0.25, 0.3) is 0 Å². The lowest BCUT2D eigenvalue weighted by Crippen LogP contribution is -2.09. The Bertz CT molecular complexity index is 294. The summed E-state index contributed by atoms with van der Waals surface area (Å²) in [5.41, 5.74) is 0.194. The highest BCUT2D eigenvalue weighted by Gasteiger charge is 2.20. The average molecular weight is 211 g/mol. The minimum atomic E-state index is 0.194. The van der Waals surface area contributed by atoms with Crippen molar-refractivity contribution >= 4 is 11.3 Å². The van der Waals surface area contributed by atoms with E-state index in [1.165, 1.54) is 9.88 Å². The van der Waals surface area contributed by atoms with Crippen molar-refractivity contribution in [3.63, 3.8) is 0 Å². The Kier molecular flexibility index (Phi) is 3.36. The molecule has 1 unspecified atom stereocenters. The molecule has 14 heavy (non-hydrogen) atoms. The van der Waals surface area contributed by atoms with Gasteiger partial charge in [-0.3, -0.25) is 0 Å². The van der Waals surface area contributed by atoms with Gasteiger partial charge in [0.05, 0.1) is 5.01 Å². The van der Waals surface area contributed by atoms with Gasteiger partial charge in [0, 0.05) is 16.5 Å². The summed E-state index contributed by atoms with van der Waals surface area (Å²) in [6, 6.07) is 0. The molecule has 1 heterocycles. The zero-order valence-corrected chi connectivity index (χ0v) is 10.9. The van der Waals surface area contributed by atoms with Gasteiger partial charge in [0.2, 0.25) is 0 Å². The number of hydrogen-bond donors (Lipinski definition) is 0. The Morgan fingerprint density at radius 3 is 2.14 bits per heavy atom. The van der Waals surface area contributed by atoms with E-state index in [1.807, 2.05) is 11.3 Å². The van der Waals surface area contributed by atoms with Crippen LogP contribution in [0.2, 0.25) is 0 Å². The molecule has 1 atom stereocenters. The number of rotatable bonds is 2. The van der Waals surface area contributed by atoms with E-state index in [2.05, 4.69) is 52.7 Å². The molecule has 0 aliphatic rings. The van der Waals surface area contributed by atoms with Gasteiger partial charge >= 0.3 is 0 Å². The standard InChI is InChI=1S/C12H21NS/c1-8(2)9(3)10-7-13-11(14-10)12(4,5)6/h7-9H,1-6H3. The van der Waals surface area contributed by atoms with E-state index in [1.54, 1.807) is 0 Å². The lowest BCUT2D eigenvalue weighted by Gasteiger charge is -2.15. The number of hydrogen-bond acceptors (Lipinski definition) is 2. The highest BCUT2D eigenvalue weighted by Crippen LogP contribution is 2.33. The SMILES string of the molecule is CC(C)C(C)c1cnc(C(C)(C)C)s1. The van der Waals surface area contributed by atoms with E-state index < -0.39 is 0 Å². The van der Waals surface area contributed by atoms with Crippen molar-refractivity contribution < 1.29 is 0 Å². The first-order chi connectivity index (χ1) is 6.32. The lowest BCUT2D eigenvalue weighted by atomic mass is 9.97. The maximum absolute atomic E-state index is 4.51. The van der Waals surface area contributed by atoms with Crippen molar-refractivity contribution in [2.45, 2.75) is 52.9 Å². The monoisotopic (exact) mass is 211 g/mol. The number of thiazole rings is 1. The quantitative estimate of drug-likeness (QED) is 0.714. The second-order valence-corrected chi connectivity index (χ2v) is 6.41. The molecule has 80 valence electrons. The molecule has 0 radical (unpaired) electrons. The van der Waals surface area contributed by atoms with Crippen molar-refractivity contribution in [3.8, 4) is 0 Å². The van der Waals surface area contributed by atoms with Crippen LogP contribution >= 0.6 is 11.3 Å². The van der Waals surface area contributed by atoms with Crippen LogP contribution in [0.15, 0.2) is 6.20 Å². The van der Waals surface area contributed by atoms with Gasteiger partial charge < -0.3 is 0 Å². The fraction of sp³-hybridized carbons (Fsp3) is 0.750. The summed E-state index contributed by atoms with van der Waals surface area (Å²) >= 11 is 1.87. The van der Waals surface area contributed by atoms with Crippen LogP contribution in [0.5, 0.6) is 0 Å². The summed E-state index contributed by atoms with van der Waals surface area (Å²) in [6.45, 7) is 13.5. The summed E-state index contributed by atoms with van der Waals surface area (Å²) in [7, 11) is 0. The molecule has 0 fully saturated rings. The molecule has 0 saturated heterocycles. The second kappa shape index (κ2) is 4.01. The van der Waals surface area contributed by atoms with Gasteiger partial charge in [0.15, 0.2) is 0 Å². The van der Waals surface area contributed by atoms with Gasteiger partial charge in [-0.15, -0.1) is 11.3 Å². The number of nitrogens with zero attached hydrogens (tertiary/aromatic N) is 1. The van der Waals surface area contributed by atoms with Crippen molar-refractivity contribution in [3.05, 3.63) is 16.1 Å². The van der Waals surface area contributed by atoms with E-state index in [0.29, 0.717) is 11.8 Å². The van der Waals surface area contributed by atoms with E-state index >= 15 is 0 Å². The highest BCUT2D eigenvalue weighted by atomic mass is 32.1. The third-order valence-corrected chi connectivity index (χ3v) is 4.24. The molecule has 0 spiro atoms. The van der Waals surface area contributed by atoms with Crippen LogP contribution in [0.1, 0.15) is 57.3 Å². The number of aromatic nitrogens is 1. The Balaban J connectivity index is 2.89. The molecule has 1 nitrogen and oxygen atoms in total. The summed E-state index contributed by atoms with van der Waals surface area (Å²) in [4.78, 5) is 5.93. The summed E-state index contributed by atoms with van der Waals surface area (Å²) in [5, 5.41) is 1.25. The molecule has 0 bridgehead atoms. The van der Waals surface area contributed by atoms with Gasteiger partial charge in [-0.2, -0.15) is 0 Å². The summed E-state index contributed by atoms with van der Waals surface area (Å²) < 4.78 is 0. The smallest absolute Gasteiger partial charge is 0.0981 e. The van der Waals surface area contributed by atoms with Crippen LogP contribution in [-0.2, 0) is 5.41 Å². The Labute approximate surface area is 91.6 Å². The van der Waals surface area contributed by atoms with Crippen LogP contribution in [0.3, 0.4) is 0 Å². The third kappa shape index (κ3) is 2.57. The molecule has 0 aliphatic carbocycles. The molecule has 0 aliphatic heterocycles. The maximum atomic E-state index is 4.51. The topological polar surface area (TPSA) is 12.9 Å². The normalized spacial score (nSPS) is 14.8. The van der Waals surface area contributed by atoms with Gasteiger partial charge in [0.25, 0.3) is 0 Å². The molecule has 1 aromatic heterocycles. The molecular weight excluding hydrogens is 190 g/mol. The largest absolute Gasteiger partial charge is 0.249 e. The van der Waals surface area contributed by atoms with Crippen molar-refractivity contribution in [1.29, 1.82) is 0 Å². The average Bonchev–Trinajstić information content (AvgIpc) is 2.49. The minimum absolute atomic E-state index is 0.194. The van der Waals surface area contributed by atoms with Crippen LogP contribution < -0.4 is 0 Å². The summed E-state index contributed by atoms with van der Waals surface area (Å²) in [6.07, 6.45) is 2.05. The molecule has 0 N–H and O–H groups in total. The van der Waals surface area contributed by atoms with Gasteiger partial charge in [-0.1, -0.05) is 41.5 Å². The van der Waals surface area contributed by atoms with Crippen molar-refractivity contribution in [2.24, 2.45) is 5.92 Å². The van der Waals surface area contributed by atoms with Crippen LogP contribution in [-0.4, -0.2) is 4.98 Å². The Morgan fingerprint density at radius 1 is 1.21 bits per heavy atom. The van der Waals surface area contributed by atoms with Gasteiger partial charge in [-0.05, 0) is 11.8 Å². The maximum Gasteiger partial charge on any atom is 0.0981 e. The highest BCUT2D eigenvalue weighted by molar-refractivity contribution is 7.11. The molecule has 0 aromatic carbocycles. The summed E-state index contributed by atoms with van der Waals surface area (Å²) in [5.74, 6) is 1.33. The van der Waals surface area contributed by atoms with Crippen molar-refractivity contribution in [1.82, 2.24) is 4.98 Å². The van der Waals surface area contributed by atoms with Crippen molar-refractivity contribution in [2.75, 3.05) is 0 Å². The third-order valence-electron chi connectivity index (χ3n) is 2.61. The molecule has 1 rings (SSSR count). The molecule has 0 saturated carbocycles. The minimum Gasteiger partial charge on any atom is -0.249 e. The van der Waals surface area contributed by atoms with Gasteiger partial charge in [0.1, 0.15) is 0 Å². The predicted molar refractivity (Wildman–Crippen MR) is 64.1 cm³/mol. The molecular formula is C12H21NS. The lowest BCUT2D eigenvalue weighted by molar-refractivity contribution is 0.541. The first-order valence-electron chi connectivity index (χ1n) is 5.28. The fourth-order valence-electron chi connectivity index (χ4n) is 1.17. The van der Waals surface area contributed by atoms with E-state index in [4.69, 9.17) is 0 Å². The first kappa shape index (κ1) is 11.7. The Hall–Kier alpha value is -0.370. The van der Waals surface area contributed by atoms with Gasteiger partial charge in [-0.25, -0.2) is 4.98 Å². The molecule has 2 heteroatoms. The van der Waals surface area contributed by atoms with E-state index in [0.717, 1.165) is 0 Å². The zero-order chi connectivity index (χ0) is 10.9. The fourth-order valence-corrected chi connectivity index (χ4v) is 2.37. The molecule has 0 amide bonds. The van der Waals surface area contributed by atoms with Crippen LogP contribution in [0, 0.1) is 5.92 Å². The van der Waals surface area contributed by atoms with E-state index in [9.17, 15) is 0 Å². The Morgan fingerprint density at radius 2 is 1.79 bits per heavy atom. The molecule has 1 aromatic rings. The second-order valence-electron chi connectivity index (χ2n) is 5.35.